The Bertz CT molecular complexity index is 1300. The van der Waals surface area contributed by atoms with E-state index in [1.54, 1.807) is 48.5 Å². The fourth-order valence-corrected chi connectivity index (χ4v) is 5.42. The van der Waals surface area contributed by atoms with Gasteiger partial charge >= 0.3 is 0 Å². The Labute approximate surface area is 181 Å². The highest BCUT2D eigenvalue weighted by Crippen LogP contribution is 2.33. The van der Waals surface area contributed by atoms with Gasteiger partial charge in [0.05, 0.1) is 15.5 Å². The number of aryl methyl sites for hydroxylation is 1. The summed E-state index contributed by atoms with van der Waals surface area (Å²) in [6.07, 6.45) is 1.37. The third-order valence-corrected chi connectivity index (χ3v) is 7.45. The van der Waals surface area contributed by atoms with Gasteiger partial charge in [-0.2, -0.15) is 8.42 Å². The van der Waals surface area contributed by atoms with Gasteiger partial charge in [-0.3, -0.25) is 9.27 Å². The molecule has 9 heteroatoms. The Morgan fingerprint density at radius 2 is 1.65 bits per heavy atom. The van der Waals surface area contributed by atoms with Crippen LogP contribution in [0.4, 0.5) is 5.69 Å². The number of rotatable bonds is 6. The van der Waals surface area contributed by atoms with Crippen molar-refractivity contribution in [2.45, 2.75) is 35.2 Å². The van der Waals surface area contributed by atoms with Crippen LogP contribution in [0.1, 0.15) is 17.5 Å². The molecule has 162 valence electrons. The summed E-state index contributed by atoms with van der Waals surface area (Å²) >= 11 is 0. The number of benzene rings is 3. The average Bonchev–Trinajstić information content (AvgIpc) is 2.73. The monoisotopic (exact) mass is 459 g/mol. The molecule has 0 amide bonds. The van der Waals surface area contributed by atoms with Gasteiger partial charge in [-0.05, 0) is 48.2 Å². The summed E-state index contributed by atoms with van der Waals surface area (Å²) in [6.45, 7) is 0. The molecule has 0 aromatic heterocycles. The first-order chi connectivity index (χ1) is 14.7. The molecule has 0 aliphatic carbocycles. The minimum Gasteiger partial charge on any atom is -0.490 e. The molecular formula is C22H21NO6S2. The third kappa shape index (κ3) is 4.90. The average molecular weight is 460 g/mol. The molecule has 1 unspecified atom stereocenters. The Balaban J connectivity index is 1.54. The fourth-order valence-electron chi connectivity index (χ4n) is 3.62. The van der Waals surface area contributed by atoms with Crippen molar-refractivity contribution in [3.05, 3.63) is 83.9 Å². The summed E-state index contributed by atoms with van der Waals surface area (Å²) in [6, 6.07) is 19.5. The van der Waals surface area contributed by atoms with Crippen LogP contribution in [0.25, 0.3) is 0 Å². The van der Waals surface area contributed by atoms with E-state index < -0.39 is 20.1 Å². The van der Waals surface area contributed by atoms with Gasteiger partial charge in [-0.25, -0.2) is 8.42 Å². The molecule has 0 saturated heterocycles. The second-order valence-electron chi connectivity index (χ2n) is 7.31. The lowest BCUT2D eigenvalue weighted by molar-refractivity contribution is 0.173. The molecule has 0 bridgehead atoms. The SMILES string of the molecule is O=S(=O)(O)c1ccccc1CC1CCc2ccc(NS(=O)(=O)c3ccccc3)cc2O1. The first kappa shape index (κ1) is 21.4. The number of hydrogen-bond acceptors (Lipinski definition) is 5. The van der Waals surface area contributed by atoms with Crippen molar-refractivity contribution in [1.82, 2.24) is 0 Å². The Kier molecular flexibility index (Phi) is 5.74. The molecule has 0 spiro atoms. The first-order valence-corrected chi connectivity index (χ1v) is 12.6. The molecule has 0 radical (unpaired) electrons. The van der Waals surface area contributed by atoms with Crippen molar-refractivity contribution in [2.75, 3.05) is 4.72 Å². The number of sulfonamides is 1. The Hall–Kier alpha value is -2.88. The summed E-state index contributed by atoms with van der Waals surface area (Å²) in [7, 11) is -8.05. The second kappa shape index (κ2) is 8.33. The minimum absolute atomic E-state index is 0.131. The molecular weight excluding hydrogens is 438 g/mol. The maximum Gasteiger partial charge on any atom is 0.294 e. The second-order valence-corrected chi connectivity index (χ2v) is 10.4. The zero-order valence-electron chi connectivity index (χ0n) is 16.4. The van der Waals surface area contributed by atoms with E-state index in [9.17, 15) is 21.4 Å². The molecule has 3 aromatic rings. The standard InChI is InChI=1S/C22H21NO6S2/c24-30(25,20-7-2-1-3-8-20)23-18-12-10-16-11-13-19(29-21(16)15-18)14-17-6-4-5-9-22(17)31(26,27)28/h1-10,12,15,19,23H,11,13-14H2,(H,26,27,28). The largest absolute Gasteiger partial charge is 0.490 e. The van der Waals surface area contributed by atoms with Crippen LogP contribution in [-0.2, 0) is 33.0 Å². The summed E-state index contributed by atoms with van der Waals surface area (Å²) in [4.78, 5) is 0.0297. The topological polar surface area (TPSA) is 110 Å². The van der Waals surface area contributed by atoms with E-state index in [4.69, 9.17) is 4.74 Å². The van der Waals surface area contributed by atoms with Gasteiger partial charge in [0.2, 0.25) is 0 Å². The zero-order chi connectivity index (χ0) is 22.1. The van der Waals surface area contributed by atoms with Crippen LogP contribution in [0.3, 0.4) is 0 Å². The minimum atomic E-state index is -4.33. The Morgan fingerprint density at radius 1 is 0.935 bits per heavy atom. The number of hydrogen-bond donors (Lipinski definition) is 2. The lowest BCUT2D eigenvalue weighted by atomic mass is 9.97. The van der Waals surface area contributed by atoms with Gasteiger partial charge in [0.1, 0.15) is 11.9 Å². The van der Waals surface area contributed by atoms with Crippen molar-refractivity contribution in [3.63, 3.8) is 0 Å². The van der Waals surface area contributed by atoms with Crippen LogP contribution in [0.5, 0.6) is 5.75 Å². The van der Waals surface area contributed by atoms with Gasteiger partial charge < -0.3 is 4.74 Å². The summed E-state index contributed by atoms with van der Waals surface area (Å²) < 4.78 is 66.5. The fraction of sp³-hybridized carbons (Fsp3) is 0.182. The van der Waals surface area contributed by atoms with Crippen LogP contribution in [-0.4, -0.2) is 27.5 Å². The van der Waals surface area contributed by atoms with Gasteiger partial charge in [0.25, 0.3) is 20.1 Å². The molecule has 7 nitrogen and oxygen atoms in total. The quantitative estimate of drug-likeness (QED) is 0.544. The molecule has 1 atom stereocenters. The molecule has 4 rings (SSSR count). The van der Waals surface area contributed by atoms with Crippen LogP contribution >= 0.6 is 0 Å². The van der Waals surface area contributed by atoms with E-state index in [0.29, 0.717) is 36.3 Å². The molecule has 1 aliphatic rings. The lowest BCUT2D eigenvalue weighted by Gasteiger charge is -2.27. The predicted octanol–water partition coefficient (Wildman–Crippen LogP) is 3.67. The van der Waals surface area contributed by atoms with Gasteiger partial charge in [-0.15, -0.1) is 0 Å². The van der Waals surface area contributed by atoms with E-state index in [1.807, 2.05) is 6.07 Å². The smallest absolute Gasteiger partial charge is 0.294 e. The molecule has 1 aliphatic heterocycles. The van der Waals surface area contributed by atoms with E-state index in [0.717, 1.165) is 5.56 Å². The lowest BCUT2D eigenvalue weighted by Crippen LogP contribution is -2.26. The Morgan fingerprint density at radius 3 is 2.39 bits per heavy atom. The summed E-state index contributed by atoms with van der Waals surface area (Å²) in [5.74, 6) is 0.550. The highest BCUT2D eigenvalue weighted by molar-refractivity contribution is 7.92. The van der Waals surface area contributed by atoms with E-state index in [2.05, 4.69) is 4.72 Å². The van der Waals surface area contributed by atoms with E-state index in [-0.39, 0.29) is 15.9 Å². The van der Waals surface area contributed by atoms with Crippen LogP contribution < -0.4 is 9.46 Å². The van der Waals surface area contributed by atoms with E-state index in [1.165, 1.54) is 18.2 Å². The molecule has 2 N–H and O–H groups in total. The van der Waals surface area contributed by atoms with Crippen molar-refractivity contribution < 1.29 is 26.1 Å². The molecule has 3 aromatic carbocycles. The first-order valence-electron chi connectivity index (χ1n) is 9.65. The van der Waals surface area contributed by atoms with Crippen LogP contribution in [0, 0.1) is 0 Å². The van der Waals surface area contributed by atoms with Crippen LogP contribution in [0.15, 0.2) is 82.6 Å². The summed E-state index contributed by atoms with van der Waals surface area (Å²) in [5, 5.41) is 0. The summed E-state index contributed by atoms with van der Waals surface area (Å²) in [5.41, 5.74) is 1.79. The maximum absolute atomic E-state index is 12.6. The van der Waals surface area contributed by atoms with Crippen LogP contribution in [0.2, 0.25) is 0 Å². The number of anilines is 1. The molecule has 0 fully saturated rings. The highest BCUT2D eigenvalue weighted by Gasteiger charge is 2.24. The predicted molar refractivity (Wildman–Crippen MR) is 116 cm³/mol. The number of nitrogens with one attached hydrogen (secondary N) is 1. The van der Waals surface area contributed by atoms with Gasteiger partial charge in [0, 0.05) is 12.5 Å². The zero-order valence-corrected chi connectivity index (χ0v) is 18.1. The normalized spacial score (nSPS) is 16.2. The third-order valence-electron chi connectivity index (χ3n) is 5.10. The highest BCUT2D eigenvalue weighted by atomic mass is 32.2. The van der Waals surface area contributed by atoms with Crippen molar-refractivity contribution >= 4 is 25.8 Å². The van der Waals surface area contributed by atoms with Crippen molar-refractivity contribution in [2.24, 2.45) is 0 Å². The van der Waals surface area contributed by atoms with Gasteiger partial charge in [-0.1, -0.05) is 42.5 Å². The molecule has 0 saturated carbocycles. The number of ether oxygens (including phenoxy) is 1. The van der Waals surface area contributed by atoms with Crippen molar-refractivity contribution in [1.29, 1.82) is 0 Å². The molecule has 1 heterocycles. The van der Waals surface area contributed by atoms with Gasteiger partial charge in [0.15, 0.2) is 0 Å². The van der Waals surface area contributed by atoms with Crippen molar-refractivity contribution in [3.8, 4) is 5.75 Å². The number of fused-ring (bicyclic) bond motifs is 1. The maximum atomic E-state index is 12.6. The molecule has 31 heavy (non-hydrogen) atoms. The van der Waals surface area contributed by atoms with E-state index >= 15 is 0 Å².